The van der Waals surface area contributed by atoms with Crippen molar-refractivity contribution >= 4 is 5.91 Å². The molecule has 1 atom stereocenters. The lowest BCUT2D eigenvalue weighted by molar-refractivity contribution is -0.122. The van der Waals surface area contributed by atoms with Gasteiger partial charge in [0.2, 0.25) is 5.91 Å². The molecule has 1 aliphatic carbocycles. The van der Waals surface area contributed by atoms with E-state index < -0.39 is 11.4 Å². The number of hydrogen-bond donors (Lipinski definition) is 2. The molecule has 1 saturated carbocycles. The van der Waals surface area contributed by atoms with E-state index in [1.165, 1.54) is 38.6 Å². The molecular weight excluding hydrogens is 250 g/mol. The highest BCUT2D eigenvalue weighted by Gasteiger charge is 2.27. The lowest BCUT2D eigenvalue weighted by atomic mass is 9.96. The highest BCUT2D eigenvalue weighted by molar-refractivity contribution is 5.83. The fourth-order valence-corrected chi connectivity index (χ4v) is 2.94. The summed E-state index contributed by atoms with van der Waals surface area (Å²) in [5, 5.41) is 0. The number of carbonyl (C=O) groups excluding carboxylic acids is 1. The number of nitrogens with two attached hydrogens (primary N) is 2. The fraction of sp³-hybridized carbons (Fsp3) is 0.938. The SMILES string of the molecule is CC(C)CCN(CCCC(C)(N)C(N)=O)C1CCCC1. The van der Waals surface area contributed by atoms with Gasteiger partial charge in [-0.2, -0.15) is 0 Å². The molecule has 0 heterocycles. The van der Waals surface area contributed by atoms with Gasteiger partial charge in [0, 0.05) is 6.04 Å². The molecule has 0 radical (unpaired) electrons. The first kappa shape index (κ1) is 17.4. The van der Waals surface area contributed by atoms with E-state index in [2.05, 4.69) is 18.7 Å². The van der Waals surface area contributed by atoms with Gasteiger partial charge in [0.15, 0.2) is 0 Å². The van der Waals surface area contributed by atoms with Crippen LogP contribution in [-0.4, -0.2) is 35.5 Å². The summed E-state index contributed by atoms with van der Waals surface area (Å²) in [5.74, 6) is 0.344. The van der Waals surface area contributed by atoms with Crippen LogP contribution in [0.25, 0.3) is 0 Å². The van der Waals surface area contributed by atoms with Gasteiger partial charge in [-0.05, 0) is 58.0 Å². The third-order valence-corrected chi connectivity index (χ3v) is 4.54. The van der Waals surface area contributed by atoms with Gasteiger partial charge in [-0.25, -0.2) is 0 Å². The Balaban J connectivity index is 2.41. The second kappa shape index (κ2) is 7.99. The zero-order chi connectivity index (χ0) is 15.2. The van der Waals surface area contributed by atoms with Crippen molar-refractivity contribution in [1.82, 2.24) is 4.90 Å². The van der Waals surface area contributed by atoms with Gasteiger partial charge in [-0.3, -0.25) is 4.79 Å². The van der Waals surface area contributed by atoms with Gasteiger partial charge in [0.25, 0.3) is 0 Å². The minimum absolute atomic E-state index is 0.396. The molecule has 118 valence electrons. The van der Waals surface area contributed by atoms with E-state index in [1.807, 2.05) is 0 Å². The summed E-state index contributed by atoms with van der Waals surface area (Å²) in [4.78, 5) is 13.9. The van der Waals surface area contributed by atoms with Crippen LogP contribution in [0.1, 0.15) is 65.7 Å². The van der Waals surface area contributed by atoms with Crippen LogP contribution in [-0.2, 0) is 4.79 Å². The predicted molar refractivity (Wildman–Crippen MR) is 84.3 cm³/mol. The van der Waals surface area contributed by atoms with Crippen LogP contribution in [0.15, 0.2) is 0 Å². The largest absolute Gasteiger partial charge is 0.368 e. The molecule has 0 aromatic heterocycles. The van der Waals surface area contributed by atoms with E-state index in [0.717, 1.165) is 24.9 Å². The van der Waals surface area contributed by atoms with Crippen LogP contribution in [0.5, 0.6) is 0 Å². The van der Waals surface area contributed by atoms with Gasteiger partial charge in [-0.1, -0.05) is 26.7 Å². The van der Waals surface area contributed by atoms with Crippen LogP contribution in [0, 0.1) is 5.92 Å². The van der Waals surface area contributed by atoms with E-state index in [1.54, 1.807) is 6.92 Å². The molecule has 1 unspecified atom stereocenters. The maximum atomic E-state index is 11.3. The van der Waals surface area contributed by atoms with Gasteiger partial charge in [0.1, 0.15) is 0 Å². The number of hydrogen-bond acceptors (Lipinski definition) is 3. The Morgan fingerprint density at radius 3 is 2.40 bits per heavy atom. The molecule has 0 aromatic carbocycles. The Morgan fingerprint density at radius 2 is 1.90 bits per heavy atom. The molecule has 0 bridgehead atoms. The summed E-state index contributed by atoms with van der Waals surface area (Å²) in [6.45, 7) is 8.49. The maximum Gasteiger partial charge on any atom is 0.237 e. The van der Waals surface area contributed by atoms with Crippen LogP contribution < -0.4 is 11.5 Å². The summed E-state index contributed by atoms with van der Waals surface area (Å²) < 4.78 is 0. The first-order chi connectivity index (χ1) is 9.33. The van der Waals surface area contributed by atoms with Crippen molar-refractivity contribution in [2.24, 2.45) is 17.4 Å². The van der Waals surface area contributed by atoms with Crippen LogP contribution in [0.4, 0.5) is 0 Å². The van der Waals surface area contributed by atoms with Crippen molar-refractivity contribution in [1.29, 1.82) is 0 Å². The Labute approximate surface area is 124 Å². The molecule has 4 N–H and O–H groups in total. The Kier molecular flexibility index (Phi) is 6.96. The Bertz CT molecular complexity index is 296. The third kappa shape index (κ3) is 5.80. The summed E-state index contributed by atoms with van der Waals surface area (Å²) in [6.07, 6.45) is 8.24. The smallest absolute Gasteiger partial charge is 0.237 e. The molecule has 0 aromatic rings. The summed E-state index contributed by atoms with van der Waals surface area (Å²) in [7, 11) is 0. The molecule has 4 heteroatoms. The molecule has 4 nitrogen and oxygen atoms in total. The van der Waals surface area contributed by atoms with Gasteiger partial charge >= 0.3 is 0 Å². The molecule has 1 aliphatic rings. The second-order valence-corrected chi connectivity index (χ2v) is 7.04. The molecule has 1 rings (SSSR count). The summed E-state index contributed by atoms with van der Waals surface area (Å²) in [5.41, 5.74) is 10.4. The number of primary amides is 1. The van der Waals surface area contributed by atoms with Gasteiger partial charge in [-0.15, -0.1) is 0 Å². The average Bonchev–Trinajstić information content (AvgIpc) is 2.86. The van der Waals surface area contributed by atoms with Gasteiger partial charge in [0.05, 0.1) is 5.54 Å². The Hall–Kier alpha value is -0.610. The van der Waals surface area contributed by atoms with Crippen molar-refractivity contribution in [2.75, 3.05) is 13.1 Å². The zero-order valence-electron chi connectivity index (χ0n) is 13.5. The third-order valence-electron chi connectivity index (χ3n) is 4.54. The summed E-state index contributed by atoms with van der Waals surface area (Å²) >= 11 is 0. The minimum atomic E-state index is -0.862. The molecule has 20 heavy (non-hydrogen) atoms. The standard InChI is InChI=1S/C16H33N3O/c1-13(2)9-12-19(14-7-4-5-8-14)11-6-10-16(3,18)15(17)20/h13-14H,4-12,18H2,1-3H3,(H2,17,20). The number of rotatable bonds is 9. The van der Waals surface area contributed by atoms with Crippen molar-refractivity contribution in [3.63, 3.8) is 0 Å². The maximum absolute atomic E-state index is 11.3. The molecular formula is C16H33N3O. The van der Waals surface area contributed by atoms with E-state index in [9.17, 15) is 4.79 Å². The fourth-order valence-electron chi connectivity index (χ4n) is 2.94. The van der Waals surface area contributed by atoms with Crippen LogP contribution >= 0.6 is 0 Å². The minimum Gasteiger partial charge on any atom is -0.368 e. The molecule has 1 fully saturated rings. The van der Waals surface area contributed by atoms with Crippen molar-refractivity contribution in [3.8, 4) is 0 Å². The lowest BCUT2D eigenvalue weighted by Crippen LogP contribution is -2.49. The lowest BCUT2D eigenvalue weighted by Gasteiger charge is -2.30. The molecule has 0 spiro atoms. The van der Waals surface area contributed by atoms with Gasteiger partial charge < -0.3 is 16.4 Å². The Morgan fingerprint density at radius 1 is 1.30 bits per heavy atom. The average molecular weight is 283 g/mol. The highest BCUT2D eigenvalue weighted by atomic mass is 16.1. The van der Waals surface area contributed by atoms with Crippen molar-refractivity contribution in [3.05, 3.63) is 0 Å². The van der Waals surface area contributed by atoms with E-state index in [-0.39, 0.29) is 0 Å². The van der Waals surface area contributed by atoms with E-state index >= 15 is 0 Å². The highest BCUT2D eigenvalue weighted by Crippen LogP contribution is 2.25. The van der Waals surface area contributed by atoms with Crippen LogP contribution in [0.3, 0.4) is 0 Å². The number of nitrogens with zero attached hydrogens (tertiary/aromatic N) is 1. The van der Waals surface area contributed by atoms with Crippen LogP contribution in [0.2, 0.25) is 0 Å². The van der Waals surface area contributed by atoms with Crippen molar-refractivity contribution < 1.29 is 4.79 Å². The number of carbonyl (C=O) groups is 1. The first-order valence-electron chi connectivity index (χ1n) is 8.16. The van der Waals surface area contributed by atoms with E-state index in [4.69, 9.17) is 11.5 Å². The zero-order valence-corrected chi connectivity index (χ0v) is 13.5. The summed E-state index contributed by atoms with van der Waals surface area (Å²) in [6, 6.07) is 0.742. The quantitative estimate of drug-likeness (QED) is 0.682. The normalized spacial score (nSPS) is 19.7. The second-order valence-electron chi connectivity index (χ2n) is 7.04. The number of amides is 1. The monoisotopic (exact) mass is 283 g/mol. The molecule has 0 aliphatic heterocycles. The topological polar surface area (TPSA) is 72.3 Å². The molecule has 0 saturated heterocycles. The van der Waals surface area contributed by atoms with Crippen molar-refractivity contribution in [2.45, 2.75) is 77.3 Å². The molecule has 1 amide bonds. The van der Waals surface area contributed by atoms with E-state index in [0.29, 0.717) is 6.42 Å². The first-order valence-corrected chi connectivity index (χ1v) is 8.16. The predicted octanol–water partition coefficient (Wildman–Crippen LogP) is 2.26.